The second kappa shape index (κ2) is 3.96. The molecule has 0 atom stereocenters. The predicted molar refractivity (Wildman–Crippen MR) is 68.4 cm³/mol. The molecule has 0 saturated heterocycles. The maximum Gasteiger partial charge on any atom is 0.0992 e. The minimum absolute atomic E-state index is 0.575. The molecular formula is C14H17N3. The van der Waals surface area contributed by atoms with Crippen LogP contribution in [0.3, 0.4) is 0 Å². The van der Waals surface area contributed by atoms with E-state index < -0.39 is 0 Å². The standard InChI is InChI=1S/C14H17N3/c15-8-9-1-6-12(16)13(7-9)17-14(10-2-3-10)11-4-5-11/h1,6-7,10-11,14,17H,2-5,16H2. The van der Waals surface area contributed by atoms with Crippen LogP contribution >= 0.6 is 0 Å². The molecule has 3 rings (SSSR count). The van der Waals surface area contributed by atoms with E-state index in [1.54, 1.807) is 6.07 Å². The zero-order valence-electron chi connectivity index (χ0n) is 9.82. The van der Waals surface area contributed by atoms with E-state index in [-0.39, 0.29) is 0 Å². The van der Waals surface area contributed by atoms with Crippen LogP contribution in [0, 0.1) is 23.2 Å². The Kier molecular flexibility index (Phi) is 2.44. The molecule has 0 aliphatic heterocycles. The van der Waals surface area contributed by atoms with Crippen LogP contribution < -0.4 is 11.1 Å². The number of anilines is 2. The van der Waals surface area contributed by atoms with Crippen LogP contribution in [0.5, 0.6) is 0 Å². The summed E-state index contributed by atoms with van der Waals surface area (Å²) in [5, 5.41) is 12.5. The van der Waals surface area contributed by atoms with E-state index in [0.29, 0.717) is 11.6 Å². The number of hydrogen-bond donors (Lipinski definition) is 2. The quantitative estimate of drug-likeness (QED) is 0.777. The summed E-state index contributed by atoms with van der Waals surface area (Å²) in [7, 11) is 0. The molecule has 3 heteroatoms. The van der Waals surface area contributed by atoms with E-state index in [1.807, 2.05) is 12.1 Å². The van der Waals surface area contributed by atoms with Crippen molar-refractivity contribution in [2.24, 2.45) is 11.8 Å². The van der Waals surface area contributed by atoms with E-state index in [2.05, 4.69) is 11.4 Å². The lowest BCUT2D eigenvalue weighted by molar-refractivity contribution is 0.568. The first kappa shape index (κ1) is 10.5. The molecule has 0 unspecified atom stereocenters. The minimum atomic E-state index is 0.575. The molecule has 2 aliphatic rings. The maximum absolute atomic E-state index is 8.91. The molecule has 0 radical (unpaired) electrons. The van der Waals surface area contributed by atoms with Gasteiger partial charge in [-0.15, -0.1) is 0 Å². The molecule has 0 heterocycles. The molecule has 1 aromatic rings. The van der Waals surface area contributed by atoms with Crippen molar-refractivity contribution in [1.82, 2.24) is 0 Å². The Hall–Kier alpha value is -1.69. The van der Waals surface area contributed by atoms with Gasteiger partial charge in [0, 0.05) is 6.04 Å². The summed E-state index contributed by atoms with van der Waals surface area (Å²) in [6, 6.07) is 8.19. The molecule has 88 valence electrons. The van der Waals surface area contributed by atoms with Crippen LogP contribution in [0.2, 0.25) is 0 Å². The van der Waals surface area contributed by atoms with Gasteiger partial charge in [0.05, 0.1) is 23.0 Å². The van der Waals surface area contributed by atoms with Crippen LogP contribution in [0.4, 0.5) is 11.4 Å². The molecule has 17 heavy (non-hydrogen) atoms. The summed E-state index contributed by atoms with van der Waals surface area (Å²) in [4.78, 5) is 0. The van der Waals surface area contributed by atoms with Gasteiger partial charge in [-0.1, -0.05) is 0 Å². The Labute approximate surface area is 102 Å². The third kappa shape index (κ3) is 2.21. The highest BCUT2D eigenvalue weighted by atomic mass is 15.0. The summed E-state index contributed by atoms with van der Waals surface area (Å²) < 4.78 is 0. The smallest absolute Gasteiger partial charge is 0.0992 e. The fourth-order valence-corrected chi connectivity index (χ4v) is 2.46. The van der Waals surface area contributed by atoms with Gasteiger partial charge in [-0.25, -0.2) is 0 Å². The van der Waals surface area contributed by atoms with Crippen molar-refractivity contribution in [1.29, 1.82) is 5.26 Å². The zero-order chi connectivity index (χ0) is 11.8. The molecule has 1 aromatic carbocycles. The Morgan fingerprint density at radius 1 is 1.24 bits per heavy atom. The lowest BCUT2D eigenvalue weighted by Gasteiger charge is -2.20. The largest absolute Gasteiger partial charge is 0.397 e. The number of nitrogens with zero attached hydrogens (tertiary/aromatic N) is 1. The van der Waals surface area contributed by atoms with Crippen molar-refractivity contribution in [3.05, 3.63) is 23.8 Å². The average Bonchev–Trinajstić information content (AvgIpc) is 3.19. The Morgan fingerprint density at radius 2 is 1.88 bits per heavy atom. The summed E-state index contributed by atoms with van der Waals surface area (Å²) in [6.07, 6.45) is 5.36. The van der Waals surface area contributed by atoms with Gasteiger partial charge in [-0.05, 0) is 55.7 Å². The monoisotopic (exact) mass is 227 g/mol. The highest BCUT2D eigenvalue weighted by Gasteiger charge is 2.41. The molecule has 2 aliphatic carbocycles. The SMILES string of the molecule is N#Cc1ccc(N)c(NC(C2CC2)C2CC2)c1. The van der Waals surface area contributed by atoms with Crippen molar-refractivity contribution in [2.45, 2.75) is 31.7 Å². The van der Waals surface area contributed by atoms with Crippen LogP contribution in [0.15, 0.2) is 18.2 Å². The van der Waals surface area contributed by atoms with Crippen molar-refractivity contribution in [3.8, 4) is 6.07 Å². The Bertz CT molecular complexity index is 455. The fraction of sp³-hybridized carbons (Fsp3) is 0.500. The van der Waals surface area contributed by atoms with Gasteiger partial charge in [-0.3, -0.25) is 0 Å². The molecule has 3 nitrogen and oxygen atoms in total. The maximum atomic E-state index is 8.91. The number of nitrogens with two attached hydrogens (primary N) is 1. The summed E-state index contributed by atoms with van der Waals surface area (Å²) in [5.74, 6) is 1.65. The van der Waals surface area contributed by atoms with Gasteiger partial charge in [-0.2, -0.15) is 5.26 Å². The molecule has 2 fully saturated rings. The van der Waals surface area contributed by atoms with E-state index in [4.69, 9.17) is 11.0 Å². The second-order valence-electron chi connectivity index (χ2n) is 5.26. The van der Waals surface area contributed by atoms with Crippen molar-refractivity contribution in [3.63, 3.8) is 0 Å². The van der Waals surface area contributed by atoms with Crippen molar-refractivity contribution < 1.29 is 0 Å². The lowest BCUT2D eigenvalue weighted by Crippen LogP contribution is -2.24. The lowest BCUT2D eigenvalue weighted by atomic mass is 10.1. The third-order valence-electron chi connectivity index (χ3n) is 3.76. The van der Waals surface area contributed by atoms with E-state index >= 15 is 0 Å². The van der Waals surface area contributed by atoms with Crippen molar-refractivity contribution >= 4 is 11.4 Å². The minimum Gasteiger partial charge on any atom is -0.397 e. The summed E-state index contributed by atoms with van der Waals surface area (Å²) in [6.45, 7) is 0. The summed E-state index contributed by atoms with van der Waals surface area (Å²) >= 11 is 0. The molecule has 0 amide bonds. The highest BCUT2D eigenvalue weighted by Crippen LogP contribution is 2.46. The van der Waals surface area contributed by atoms with Gasteiger partial charge in [0.1, 0.15) is 0 Å². The van der Waals surface area contributed by atoms with Gasteiger partial charge in [0.25, 0.3) is 0 Å². The van der Waals surface area contributed by atoms with Gasteiger partial charge < -0.3 is 11.1 Å². The molecular weight excluding hydrogens is 210 g/mol. The van der Waals surface area contributed by atoms with Crippen LogP contribution in [0.25, 0.3) is 0 Å². The Morgan fingerprint density at radius 3 is 2.41 bits per heavy atom. The van der Waals surface area contributed by atoms with Gasteiger partial charge in [0.2, 0.25) is 0 Å². The molecule has 2 saturated carbocycles. The zero-order valence-corrected chi connectivity index (χ0v) is 9.82. The van der Waals surface area contributed by atoms with E-state index in [0.717, 1.165) is 23.2 Å². The van der Waals surface area contributed by atoms with Crippen LogP contribution in [-0.4, -0.2) is 6.04 Å². The molecule has 0 bridgehead atoms. The van der Waals surface area contributed by atoms with E-state index in [9.17, 15) is 0 Å². The number of rotatable bonds is 4. The number of nitriles is 1. The Balaban J connectivity index is 1.80. The summed E-state index contributed by atoms with van der Waals surface area (Å²) in [5.41, 5.74) is 8.32. The average molecular weight is 227 g/mol. The van der Waals surface area contributed by atoms with E-state index in [1.165, 1.54) is 25.7 Å². The van der Waals surface area contributed by atoms with Crippen LogP contribution in [0.1, 0.15) is 31.2 Å². The first-order chi connectivity index (χ1) is 8.28. The van der Waals surface area contributed by atoms with Crippen molar-refractivity contribution in [2.75, 3.05) is 11.1 Å². The third-order valence-corrected chi connectivity index (χ3v) is 3.76. The number of hydrogen-bond acceptors (Lipinski definition) is 3. The number of nitrogen functional groups attached to an aromatic ring is 1. The van der Waals surface area contributed by atoms with Gasteiger partial charge in [0.15, 0.2) is 0 Å². The number of nitrogens with one attached hydrogen (secondary N) is 1. The molecule has 0 aromatic heterocycles. The molecule has 3 N–H and O–H groups in total. The fourth-order valence-electron chi connectivity index (χ4n) is 2.46. The van der Waals surface area contributed by atoms with Gasteiger partial charge >= 0.3 is 0 Å². The first-order valence-corrected chi connectivity index (χ1v) is 6.34. The molecule has 0 spiro atoms. The number of benzene rings is 1. The second-order valence-corrected chi connectivity index (χ2v) is 5.26. The topological polar surface area (TPSA) is 61.8 Å². The first-order valence-electron chi connectivity index (χ1n) is 6.34. The van der Waals surface area contributed by atoms with Crippen LogP contribution in [-0.2, 0) is 0 Å². The predicted octanol–water partition coefficient (Wildman–Crippen LogP) is 2.74. The normalized spacial score (nSPS) is 19.1. The highest BCUT2D eigenvalue weighted by molar-refractivity contribution is 5.68.